The Morgan fingerprint density at radius 1 is 1.00 bits per heavy atom. The normalized spacial score (nSPS) is 29.9. The summed E-state index contributed by atoms with van der Waals surface area (Å²) in [5.74, 6) is -4.30. The molecule has 5 N–H and O–H groups in total. The summed E-state index contributed by atoms with van der Waals surface area (Å²) in [6.45, 7) is 3.38. The van der Waals surface area contributed by atoms with Crippen molar-refractivity contribution < 1.29 is 38.9 Å². The van der Waals surface area contributed by atoms with E-state index in [9.17, 15) is 29.4 Å². The minimum atomic E-state index is -1.38. The van der Waals surface area contributed by atoms with E-state index in [1.807, 2.05) is 30.3 Å². The zero-order valence-electron chi connectivity index (χ0n) is 21.7. The standard InChI is InChI=1S/C28H33N3O8/c1-15-23(33)19(14-17-8-4-3-5-9-17)30-26(35)22(31-25(34)18-10-6-7-11-20(18)32)16(2)29-27(36)24(39-28(15)37)21-12-13-38-21/h3-11,15-16,19,21-24,32-33H,12-14H2,1-2H3,(H,29,36)(H,30,35)(H,31,34)/t15-,16-,19+,21?,22+,23+,24?/m1/s1. The number of hydrogen-bond donors (Lipinski definition) is 5. The maximum absolute atomic E-state index is 13.6. The number of benzene rings is 2. The first-order valence-electron chi connectivity index (χ1n) is 12.9. The van der Waals surface area contributed by atoms with Crippen LogP contribution in [0.1, 0.15) is 36.2 Å². The van der Waals surface area contributed by atoms with Gasteiger partial charge in [-0.2, -0.15) is 0 Å². The van der Waals surface area contributed by atoms with Crippen LogP contribution in [0.4, 0.5) is 0 Å². The van der Waals surface area contributed by atoms with Gasteiger partial charge in [-0.05, 0) is 38.0 Å². The van der Waals surface area contributed by atoms with Gasteiger partial charge in [0.2, 0.25) is 12.0 Å². The average Bonchev–Trinajstić information content (AvgIpc) is 2.89. The van der Waals surface area contributed by atoms with Gasteiger partial charge in [0.05, 0.1) is 29.7 Å². The Bertz CT molecular complexity index is 1200. The third kappa shape index (κ3) is 6.55. The quantitative estimate of drug-likeness (QED) is 0.342. The second-order valence-corrected chi connectivity index (χ2v) is 9.91. The zero-order valence-corrected chi connectivity index (χ0v) is 21.7. The summed E-state index contributed by atoms with van der Waals surface area (Å²) in [6.07, 6.45) is -2.68. The molecular weight excluding hydrogens is 506 g/mol. The number of aliphatic hydroxyl groups is 1. The second kappa shape index (κ2) is 12.3. The second-order valence-electron chi connectivity index (χ2n) is 9.91. The van der Waals surface area contributed by atoms with Crippen molar-refractivity contribution in [2.45, 2.75) is 63.1 Å². The van der Waals surface area contributed by atoms with Crippen LogP contribution in [0.15, 0.2) is 54.6 Å². The first-order valence-corrected chi connectivity index (χ1v) is 12.9. The summed E-state index contributed by atoms with van der Waals surface area (Å²) in [5, 5.41) is 29.4. The van der Waals surface area contributed by atoms with Crippen LogP contribution < -0.4 is 16.0 Å². The van der Waals surface area contributed by atoms with Crippen LogP contribution in [0.2, 0.25) is 0 Å². The first kappa shape index (κ1) is 28.1. The highest BCUT2D eigenvalue weighted by molar-refractivity contribution is 6.00. The number of esters is 1. The van der Waals surface area contributed by atoms with Crippen LogP contribution in [0, 0.1) is 5.92 Å². The van der Waals surface area contributed by atoms with E-state index < -0.39 is 66.0 Å². The van der Waals surface area contributed by atoms with Crippen molar-refractivity contribution in [2.75, 3.05) is 6.61 Å². The molecule has 0 aliphatic carbocycles. The Labute approximate surface area is 225 Å². The molecule has 2 saturated heterocycles. The van der Waals surface area contributed by atoms with Crippen LogP contribution in [-0.2, 0) is 30.3 Å². The maximum Gasteiger partial charge on any atom is 0.312 e. The number of nitrogens with one attached hydrogen (secondary N) is 3. The predicted molar refractivity (Wildman–Crippen MR) is 138 cm³/mol. The Balaban J connectivity index is 1.67. The number of amides is 3. The Morgan fingerprint density at radius 3 is 2.31 bits per heavy atom. The van der Waals surface area contributed by atoms with Gasteiger partial charge in [-0.15, -0.1) is 0 Å². The van der Waals surface area contributed by atoms with Crippen LogP contribution in [0.25, 0.3) is 0 Å². The van der Waals surface area contributed by atoms with Crippen LogP contribution >= 0.6 is 0 Å². The molecular formula is C28H33N3O8. The van der Waals surface area contributed by atoms with E-state index in [1.165, 1.54) is 26.0 Å². The number of para-hydroxylation sites is 1. The summed E-state index contributed by atoms with van der Waals surface area (Å²) >= 11 is 0. The summed E-state index contributed by atoms with van der Waals surface area (Å²) < 4.78 is 10.9. The van der Waals surface area contributed by atoms with E-state index >= 15 is 0 Å². The SMILES string of the molecule is C[C@H]1NC(=O)C(C2CCO2)OC(=O)[C@H](C)[C@H](O)[C@H](Cc2ccccc2)NC(=O)[C@H]1NC(=O)c1ccccc1O. The van der Waals surface area contributed by atoms with E-state index in [0.29, 0.717) is 13.0 Å². The molecule has 11 heteroatoms. The lowest BCUT2D eigenvalue weighted by atomic mass is 9.92. The number of hydrogen-bond acceptors (Lipinski definition) is 8. The van der Waals surface area contributed by atoms with Gasteiger partial charge in [-0.1, -0.05) is 42.5 Å². The van der Waals surface area contributed by atoms with Crippen LogP contribution in [0.5, 0.6) is 5.75 Å². The monoisotopic (exact) mass is 539 g/mol. The minimum absolute atomic E-state index is 0.0564. The van der Waals surface area contributed by atoms with E-state index in [1.54, 1.807) is 12.1 Å². The molecule has 2 aromatic rings. The number of phenolic OH excluding ortho intramolecular Hbond substituents is 1. The fraction of sp³-hybridized carbons (Fsp3) is 0.429. The molecule has 11 nitrogen and oxygen atoms in total. The summed E-state index contributed by atoms with van der Waals surface area (Å²) in [7, 11) is 0. The Morgan fingerprint density at radius 2 is 1.67 bits per heavy atom. The number of aromatic hydroxyl groups is 1. The Hall–Kier alpha value is -3.96. The molecule has 2 heterocycles. The fourth-order valence-corrected chi connectivity index (χ4v) is 4.60. The zero-order chi connectivity index (χ0) is 28.1. The highest BCUT2D eigenvalue weighted by Crippen LogP contribution is 2.23. The Kier molecular flexibility index (Phi) is 8.82. The minimum Gasteiger partial charge on any atom is -0.507 e. The van der Waals surface area contributed by atoms with Crippen molar-refractivity contribution in [1.82, 2.24) is 16.0 Å². The van der Waals surface area contributed by atoms with Gasteiger partial charge in [-0.25, -0.2) is 0 Å². The van der Waals surface area contributed by atoms with Gasteiger partial charge in [-0.3, -0.25) is 19.2 Å². The lowest BCUT2D eigenvalue weighted by Gasteiger charge is -2.37. The molecule has 0 aromatic heterocycles. The molecule has 3 amide bonds. The average molecular weight is 540 g/mol. The third-order valence-electron chi connectivity index (χ3n) is 7.08. The number of aliphatic hydroxyl groups excluding tert-OH is 1. The number of phenols is 1. The number of cyclic esters (lactones) is 1. The smallest absolute Gasteiger partial charge is 0.312 e. The third-order valence-corrected chi connectivity index (χ3v) is 7.08. The summed E-state index contributed by atoms with van der Waals surface area (Å²) in [4.78, 5) is 52.8. The van der Waals surface area contributed by atoms with Gasteiger partial charge in [0.15, 0.2) is 0 Å². The molecule has 0 spiro atoms. The molecule has 0 bridgehead atoms. The summed E-state index contributed by atoms with van der Waals surface area (Å²) in [6, 6.07) is 11.7. The maximum atomic E-state index is 13.6. The first-order chi connectivity index (χ1) is 18.7. The summed E-state index contributed by atoms with van der Waals surface area (Å²) in [5.41, 5.74) is 0.741. The number of ether oxygens (including phenoxy) is 2. The van der Waals surface area contributed by atoms with E-state index in [-0.39, 0.29) is 17.7 Å². The molecule has 2 aromatic carbocycles. The molecule has 208 valence electrons. The van der Waals surface area contributed by atoms with Gasteiger partial charge in [0.25, 0.3) is 11.8 Å². The van der Waals surface area contributed by atoms with Gasteiger partial charge in [0.1, 0.15) is 17.9 Å². The van der Waals surface area contributed by atoms with Gasteiger partial charge < -0.3 is 35.6 Å². The van der Waals surface area contributed by atoms with Crippen molar-refractivity contribution in [3.63, 3.8) is 0 Å². The molecule has 2 aliphatic heterocycles. The van der Waals surface area contributed by atoms with Crippen LogP contribution in [0.3, 0.4) is 0 Å². The fourth-order valence-electron chi connectivity index (χ4n) is 4.60. The van der Waals surface area contributed by atoms with E-state index in [2.05, 4.69) is 16.0 Å². The number of carbonyl (C=O) groups is 4. The van der Waals surface area contributed by atoms with Crippen molar-refractivity contribution in [2.24, 2.45) is 5.92 Å². The van der Waals surface area contributed by atoms with E-state index in [4.69, 9.17) is 9.47 Å². The van der Waals surface area contributed by atoms with Crippen molar-refractivity contribution in [3.8, 4) is 5.75 Å². The highest BCUT2D eigenvalue weighted by atomic mass is 16.6. The van der Waals surface area contributed by atoms with Crippen molar-refractivity contribution >= 4 is 23.7 Å². The number of rotatable bonds is 5. The number of carbonyl (C=O) groups excluding carboxylic acids is 4. The molecule has 7 atom stereocenters. The molecule has 0 saturated carbocycles. The predicted octanol–water partition coefficient (Wildman–Crippen LogP) is 0.434. The van der Waals surface area contributed by atoms with Gasteiger partial charge in [0, 0.05) is 13.0 Å². The topological polar surface area (TPSA) is 163 Å². The largest absolute Gasteiger partial charge is 0.507 e. The van der Waals surface area contributed by atoms with E-state index in [0.717, 1.165) is 5.56 Å². The highest BCUT2D eigenvalue weighted by Gasteiger charge is 2.43. The van der Waals surface area contributed by atoms with Crippen LogP contribution in [-0.4, -0.2) is 76.9 Å². The molecule has 0 radical (unpaired) electrons. The van der Waals surface area contributed by atoms with Crippen molar-refractivity contribution in [1.29, 1.82) is 0 Å². The molecule has 4 rings (SSSR count). The molecule has 2 fully saturated rings. The van der Waals surface area contributed by atoms with Gasteiger partial charge >= 0.3 is 5.97 Å². The lowest BCUT2D eigenvalue weighted by Crippen LogP contribution is -2.63. The lowest BCUT2D eigenvalue weighted by molar-refractivity contribution is -0.184. The molecule has 2 unspecified atom stereocenters. The molecule has 39 heavy (non-hydrogen) atoms. The van der Waals surface area contributed by atoms with Crippen molar-refractivity contribution in [3.05, 3.63) is 65.7 Å². The molecule has 2 aliphatic rings.